The molecule has 0 aromatic rings. The van der Waals surface area contributed by atoms with Crippen molar-refractivity contribution in [3.05, 3.63) is 0 Å². The molecule has 168 valence electrons. The van der Waals surface area contributed by atoms with Crippen molar-refractivity contribution < 1.29 is 31.1 Å². The normalized spacial score (nSPS) is 37.5. The summed E-state index contributed by atoms with van der Waals surface area (Å²) in [6, 6.07) is -4.84. The summed E-state index contributed by atoms with van der Waals surface area (Å²) in [6.07, 6.45) is -6.15. The fourth-order valence-electron chi connectivity index (χ4n) is 4.85. The van der Waals surface area contributed by atoms with Crippen LogP contribution < -0.4 is 16.1 Å². The first-order valence-electron chi connectivity index (χ1n) is 10.2. The molecule has 2 aliphatic heterocycles. The Hall–Kier alpha value is -1.07. The van der Waals surface area contributed by atoms with E-state index in [1.54, 1.807) is 0 Å². The first-order chi connectivity index (χ1) is 13.5. The first kappa shape index (κ1) is 22.6. The van der Waals surface area contributed by atoms with Gasteiger partial charge in [0.15, 0.2) is 0 Å². The number of carbonyl (C=O) groups is 1. The van der Waals surface area contributed by atoms with E-state index in [-0.39, 0.29) is 32.0 Å². The van der Waals surface area contributed by atoms with Gasteiger partial charge >= 0.3 is 12.4 Å². The van der Waals surface area contributed by atoms with Crippen LogP contribution in [0.4, 0.5) is 26.3 Å². The number of hydrogen-bond donors (Lipinski definition) is 3. The van der Waals surface area contributed by atoms with Crippen LogP contribution in [0.15, 0.2) is 0 Å². The van der Waals surface area contributed by atoms with Crippen LogP contribution in [-0.2, 0) is 4.79 Å². The molecule has 0 aromatic carbocycles. The van der Waals surface area contributed by atoms with Crippen LogP contribution in [-0.4, -0.2) is 60.5 Å². The minimum Gasteiger partial charge on any atom is -0.353 e. The second-order valence-corrected chi connectivity index (χ2v) is 8.57. The van der Waals surface area contributed by atoms with Gasteiger partial charge in [0, 0.05) is 18.6 Å². The van der Waals surface area contributed by atoms with E-state index in [1.165, 1.54) is 5.01 Å². The third-order valence-corrected chi connectivity index (χ3v) is 6.29. The van der Waals surface area contributed by atoms with Crippen LogP contribution >= 0.6 is 0 Å². The zero-order chi connectivity index (χ0) is 21.4. The molecule has 0 spiro atoms. The summed E-state index contributed by atoms with van der Waals surface area (Å²) in [5, 5.41) is 5.98. The highest BCUT2D eigenvalue weighted by molar-refractivity contribution is 5.80. The van der Waals surface area contributed by atoms with Gasteiger partial charge in [0.25, 0.3) is 0 Å². The quantitative estimate of drug-likeness (QED) is 0.603. The molecule has 29 heavy (non-hydrogen) atoms. The Labute approximate surface area is 165 Å². The molecule has 6 atom stereocenters. The Bertz CT molecular complexity index is 584. The minimum atomic E-state index is -4.62. The van der Waals surface area contributed by atoms with Gasteiger partial charge in [-0.3, -0.25) is 10.2 Å². The number of amides is 1. The number of alkyl halides is 6. The van der Waals surface area contributed by atoms with E-state index in [0.717, 1.165) is 12.8 Å². The summed E-state index contributed by atoms with van der Waals surface area (Å²) >= 11 is 0. The minimum absolute atomic E-state index is 0.0484. The van der Waals surface area contributed by atoms with Gasteiger partial charge < -0.3 is 10.6 Å². The number of nitrogens with zero attached hydrogens (tertiary/aromatic N) is 1. The molecule has 3 aliphatic rings. The summed E-state index contributed by atoms with van der Waals surface area (Å²) in [4.78, 5) is 12.6. The van der Waals surface area contributed by atoms with Crippen molar-refractivity contribution in [1.29, 1.82) is 0 Å². The van der Waals surface area contributed by atoms with Crippen LogP contribution in [0.25, 0.3) is 0 Å². The smallest absolute Gasteiger partial charge is 0.353 e. The van der Waals surface area contributed by atoms with E-state index in [9.17, 15) is 31.1 Å². The average Bonchev–Trinajstić information content (AvgIpc) is 3.07. The van der Waals surface area contributed by atoms with Gasteiger partial charge in [0.2, 0.25) is 5.91 Å². The van der Waals surface area contributed by atoms with Gasteiger partial charge in [0.05, 0.1) is 5.92 Å². The third-order valence-electron chi connectivity index (χ3n) is 6.29. The SMILES string of the molecule is CC1CCCC(N2NCC(C(=O)NC3CCNC(C(F)(F)F)C3)C2C(F)(F)F)C1. The Morgan fingerprint density at radius 3 is 2.38 bits per heavy atom. The van der Waals surface area contributed by atoms with Crippen molar-refractivity contribution in [3.8, 4) is 0 Å². The molecule has 3 fully saturated rings. The summed E-state index contributed by atoms with van der Waals surface area (Å²) in [5.41, 5.74) is 2.76. The molecule has 0 radical (unpaired) electrons. The van der Waals surface area contributed by atoms with Gasteiger partial charge in [-0.25, -0.2) is 5.01 Å². The molecule has 1 aliphatic carbocycles. The molecule has 2 heterocycles. The van der Waals surface area contributed by atoms with E-state index in [1.807, 2.05) is 6.92 Å². The number of halogens is 6. The highest BCUT2D eigenvalue weighted by Gasteiger charge is 2.56. The third kappa shape index (κ3) is 5.35. The predicted molar refractivity (Wildman–Crippen MR) is 93.6 cm³/mol. The lowest BCUT2D eigenvalue weighted by Gasteiger charge is -2.38. The van der Waals surface area contributed by atoms with Crippen LogP contribution in [0, 0.1) is 11.8 Å². The number of piperidine rings is 1. The van der Waals surface area contributed by atoms with E-state index in [2.05, 4.69) is 16.1 Å². The summed E-state index contributed by atoms with van der Waals surface area (Å²) < 4.78 is 80.3. The molecule has 1 amide bonds. The summed E-state index contributed by atoms with van der Waals surface area (Å²) in [6.45, 7) is 1.88. The number of rotatable bonds is 3. The zero-order valence-corrected chi connectivity index (χ0v) is 16.2. The monoisotopic (exact) mass is 430 g/mol. The summed E-state index contributed by atoms with van der Waals surface area (Å²) in [7, 11) is 0. The van der Waals surface area contributed by atoms with Crippen molar-refractivity contribution in [2.24, 2.45) is 11.8 Å². The molecule has 3 N–H and O–H groups in total. The largest absolute Gasteiger partial charge is 0.406 e. The Morgan fingerprint density at radius 2 is 1.76 bits per heavy atom. The van der Waals surface area contributed by atoms with E-state index in [0.29, 0.717) is 18.8 Å². The number of hydrogen-bond acceptors (Lipinski definition) is 4. The molecule has 2 saturated heterocycles. The number of hydrazine groups is 1. The molecule has 3 rings (SSSR count). The maximum Gasteiger partial charge on any atom is 0.406 e. The van der Waals surface area contributed by atoms with E-state index in [4.69, 9.17) is 0 Å². The Balaban J connectivity index is 1.67. The molecular weight excluding hydrogens is 402 g/mol. The van der Waals surface area contributed by atoms with Gasteiger partial charge in [0.1, 0.15) is 12.1 Å². The molecule has 6 unspecified atom stereocenters. The fraction of sp³-hybridized carbons (Fsp3) is 0.944. The second-order valence-electron chi connectivity index (χ2n) is 8.57. The van der Waals surface area contributed by atoms with Gasteiger partial charge in [-0.05, 0) is 38.1 Å². The molecule has 5 nitrogen and oxygen atoms in total. The topological polar surface area (TPSA) is 56.4 Å². The van der Waals surface area contributed by atoms with E-state index < -0.39 is 42.3 Å². The maximum absolute atomic E-state index is 13.8. The lowest BCUT2D eigenvalue weighted by Crippen LogP contribution is -2.57. The highest BCUT2D eigenvalue weighted by atomic mass is 19.4. The molecule has 0 bridgehead atoms. The summed E-state index contributed by atoms with van der Waals surface area (Å²) in [5.74, 6) is -1.91. The average molecular weight is 430 g/mol. The fourth-order valence-corrected chi connectivity index (χ4v) is 4.85. The Kier molecular flexibility index (Phi) is 6.69. The molecule has 1 saturated carbocycles. The standard InChI is InChI=1S/C18H28F6N4O/c1-10-3-2-4-12(7-10)28-15(18(22,23)24)13(9-26-28)16(29)27-11-5-6-25-14(8-11)17(19,20)21/h10-15,25-26H,2-9H2,1H3,(H,27,29). The Morgan fingerprint density at radius 1 is 1.03 bits per heavy atom. The zero-order valence-electron chi connectivity index (χ0n) is 16.2. The number of carbonyl (C=O) groups excluding carboxylic acids is 1. The molecular formula is C18H28F6N4O. The van der Waals surface area contributed by atoms with Gasteiger partial charge in [-0.1, -0.05) is 19.8 Å². The van der Waals surface area contributed by atoms with Crippen LogP contribution in [0.1, 0.15) is 45.4 Å². The predicted octanol–water partition coefficient (Wildman–Crippen LogP) is 2.73. The maximum atomic E-state index is 13.8. The lowest BCUT2D eigenvalue weighted by atomic mass is 9.85. The highest BCUT2D eigenvalue weighted by Crippen LogP contribution is 2.38. The lowest BCUT2D eigenvalue weighted by molar-refractivity contribution is -0.199. The van der Waals surface area contributed by atoms with Crippen LogP contribution in [0.5, 0.6) is 0 Å². The van der Waals surface area contributed by atoms with Crippen LogP contribution in [0.2, 0.25) is 0 Å². The number of nitrogens with one attached hydrogen (secondary N) is 3. The van der Waals surface area contributed by atoms with Gasteiger partial charge in [-0.15, -0.1) is 0 Å². The molecule has 0 aromatic heterocycles. The van der Waals surface area contributed by atoms with Gasteiger partial charge in [-0.2, -0.15) is 26.3 Å². The van der Waals surface area contributed by atoms with Crippen LogP contribution in [0.3, 0.4) is 0 Å². The van der Waals surface area contributed by atoms with Crippen molar-refractivity contribution in [3.63, 3.8) is 0 Å². The van der Waals surface area contributed by atoms with Crippen molar-refractivity contribution in [1.82, 2.24) is 21.1 Å². The van der Waals surface area contributed by atoms with E-state index >= 15 is 0 Å². The van der Waals surface area contributed by atoms with Crippen molar-refractivity contribution in [2.75, 3.05) is 13.1 Å². The first-order valence-corrected chi connectivity index (χ1v) is 10.2. The molecule has 11 heteroatoms. The van der Waals surface area contributed by atoms with Crippen molar-refractivity contribution in [2.45, 2.75) is 82.0 Å². The van der Waals surface area contributed by atoms with Crippen molar-refractivity contribution >= 4 is 5.91 Å². The second kappa shape index (κ2) is 8.58.